The molecule has 0 bridgehead atoms. The van der Waals surface area contributed by atoms with Gasteiger partial charge in [0, 0.05) is 25.0 Å². The number of anilines is 1. The molecule has 1 aliphatic carbocycles. The summed E-state index contributed by atoms with van der Waals surface area (Å²) in [5.41, 5.74) is 4.70. The van der Waals surface area contributed by atoms with Crippen molar-refractivity contribution in [1.82, 2.24) is 10.3 Å². The second-order valence-corrected chi connectivity index (χ2v) is 6.29. The first-order valence-electron chi connectivity index (χ1n) is 8.61. The van der Waals surface area contributed by atoms with Gasteiger partial charge in [0.15, 0.2) is 0 Å². The maximum absolute atomic E-state index is 13.3. The van der Waals surface area contributed by atoms with Gasteiger partial charge in [-0.15, -0.1) is 0 Å². The van der Waals surface area contributed by atoms with E-state index in [1.165, 1.54) is 41.8 Å². The molecule has 0 radical (unpaired) electrons. The predicted molar refractivity (Wildman–Crippen MR) is 95.0 cm³/mol. The highest BCUT2D eigenvalue weighted by molar-refractivity contribution is 5.72. The molecule has 0 fully saturated rings. The number of nitrogens with one attached hydrogen (secondary N) is 1. The quantitative estimate of drug-likeness (QED) is 0.922. The van der Waals surface area contributed by atoms with Crippen LogP contribution >= 0.6 is 0 Å². The van der Waals surface area contributed by atoms with Gasteiger partial charge in [-0.25, -0.2) is 14.4 Å². The number of aromatic nitrogens is 1. The van der Waals surface area contributed by atoms with Crippen LogP contribution in [0.4, 0.5) is 10.2 Å². The lowest BCUT2D eigenvalue weighted by Crippen LogP contribution is -2.26. The fraction of sp³-hybridized carbons (Fsp3) is 0.368. The number of pyridine rings is 1. The molecule has 0 atom stereocenters. The summed E-state index contributed by atoms with van der Waals surface area (Å²) in [5, 5.41) is 9.78. The summed E-state index contributed by atoms with van der Waals surface area (Å²) < 4.78 is 13.3. The van der Waals surface area contributed by atoms with E-state index in [0.717, 1.165) is 43.9 Å². The number of nitrogens with zero attached hydrogens (tertiary/aromatic N) is 3. The maximum Gasteiger partial charge on any atom is 0.149 e. The first-order chi connectivity index (χ1) is 11.8. The molecule has 4 rings (SSSR count). The Morgan fingerprint density at radius 1 is 1.08 bits per heavy atom. The van der Waals surface area contributed by atoms with Crippen molar-refractivity contribution in [2.24, 2.45) is 5.10 Å². The third kappa shape index (κ3) is 3.04. The van der Waals surface area contributed by atoms with Crippen molar-refractivity contribution in [2.45, 2.75) is 25.7 Å². The Balaban J connectivity index is 1.81. The zero-order chi connectivity index (χ0) is 16.4. The lowest BCUT2D eigenvalue weighted by molar-refractivity contribution is 0.628. The fourth-order valence-corrected chi connectivity index (χ4v) is 3.43. The van der Waals surface area contributed by atoms with Gasteiger partial charge in [0.2, 0.25) is 0 Å². The second-order valence-electron chi connectivity index (χ2n) is 6.29. The molecule has 2 aliphatic rings. The minimum Gasteiger partial charge on any atom is -0.310 e. The summed E-state index contributed by atoms with van der Waals surface area (Å²) in [6.07, 6.45) is 6.30. The number of aryl methyl sites for hydroxylation is 1. The van der Waals surface area contributed by atoms with E-state index in [2.05, 4.69) is 16.5 Å². The van der Waals surface area contributed by atoms with Crippen molar-refractivity contribution >= 4 is 12.0 Å². The van der Waals surface area contributed by atoms with Gasteiger partial charge >= 0.3 is 0 Å². The summed E-state index contributed by atoms with van der Waals surface area (Å²) in [4.78, 5) is 4.89. The molecular formula is C19H21FN4. The fourth-order valence-electron chi connectivity index (χ4n) is 3.43. The van der Waals surface area contributed by atoms with Crippen LogP contribution < -0.4 is 10.3 Å². The molecule has 24 heavy (non-hydrogen) atoms. The van der Waals surface area contributed by atoms with Gasteiger partial charge in [-0.05, 0) is 60.6 Å². The molecule has 0 saturated heterocycles. The number of hydrogen-bond acceptors (Lipinski definition) is 4. The normalized spacial score (nSPS) is 17.5. The Kier molecular flexibility index (Phi) is 4.26. The molecule has 1 aromatic heterocycles. The summed E-state index contributed by atoms with van der Waals surface area (Å²) in [6, 6.07) is 8.88. The third-order valence-corrected chi connectivity index (χ3v) is 4.66. The minimum absolute atomic E-state index is 0.204. The van der Waals surface area contributed by atoms with Crippen LogP contribution in [-0.2, 0) is 12.8 Å². The summed E-state index contributed by atoms with van der Waals surface area (Å²) in [7, 11) is 0. The predicted octanol–water partition coefficient (Wildman–Crippen LogP) is 3.16. The van der Waals surface area contributed by atoms with Crippen LogP contribution in [0.15, 0.2) is 35.4 Å². The van der Waals surface area contributed by atoms with E-state index >= 15 is 0 Å². The Bertz CT molecular complexity index is 755. The first kappa shape index (κ1) is 15.3. The number of rotatable bonds is 2. The molecule has 2 aromatic rings. The molecule has 1 aromatic carbocycles. The smallest absolute Gasteiger partial charge is 0.149 e. The minimum atomic E-state index is -0.204. The molecule has 2 heterocycles. The Morgan fingerprint density at radius 2 is 1.92 bits per heavy atom. The molecule has 5 heteroatoms. The van der Waals surface area contributed by atoms with E-state index in [4.69, 9.17) is 4.98 Å². The van der Waals surface area contributed by atoms with Crippen LogP contribution in [0.1, 0.15) is 24.1 Å². The second kappa shape index (κ2) is 6.69. The lowest BCUT2D eigenvalue weighted by Gasteiger charge is -2.24. The number of halogens is 1. The van der Waals surface area contributed by atoms with Crippen molar-refractivity contribution in [3.05, 3.63) is 47.4 Å². The van der Waals surface area contributed by atoms with Crippen LogP contribution in [-0.4, -0.2) is 30.8 Å². The number of benzene rings is 1. The standard InChI is InChI=1S/C19H21FN4/c20-15-7-5-14(6-8-15)17-13-19(24-12-11-21-9-10-22-24)23-18-4-2-1-3-16(17)18/h5-8,10,13,21H,1-4,9,11-12H2. The topological polar surface area (TPSA) is 40.5 Å². The van der Waals surface area contributed by atoms with E-state index in [9.17, 15) is 4.39 Å². The molecule has 1 N–H and O–H groups in total. The van der Waals surface area contributed by atoms with Crippen molar-refractivity contribution in [1.29, 1.82) is 0 Å². The Hall–Kier alpha value is -2.27. The van der Waals surface area contributed by atoms with E-state index in [1.54, 1.807) is 0 Å². The van der Waals surface area contributed by atoms with Crippen molar-refractivity contribution in [2.75, 3.05) is 24.6 Å². The number of hydrazone groups is 1. The first-order valence-corrected chi connectivity index (χ1v) is 8.61. The van der Waals surface area contributed by atoms with Gasteiger partial charge in [-0.1, -0.05) is 12.1 Å². The number of fused-ring (bicyclic) bond motifs is 1. The molecule has 124 valence electrons. The van der Waals surface area contributed by atoms with Crippen LogP contribution in [0.5, 0.6) is 0 Å². The average molecular weight is 324 g/mol. The van der Waals surface area contributed by atoms with E-state index in [0.29, 0.717) is 0 Å². The van der Waals surface area contributed by atoms with Gasteiger partial charge in [0.1, 0.15) is 11.6 Å². The van der Waals surface area contributed by atoms with E-state index < -0.39 is 0 Å². The Morgan fingerprint density at radius 3 is 2.79 bits per heavy atom. The van der Waals surface area contributed by atoms with Gasteiger partial charge < -0.3 is 5.32 Å². The van der Waals surface area contributed by atoms with Gasteiger partial charge in [-0.2, -0.15) is 5.10 Å². The average Bonchev–Trinajstić information content (AvgIpc) is 2.91. The van der Waals surface area contributed by atoms with Crippen LogP contribution in [0.2, 0.25) is 0 Å². The molecule has 0 saturated carbocycles. The van der Waals surface area contributed by atoms with Crippen molar-refractivity contribution in [3.8, 4) is 11.1 Å². The van der Waals surface area contributed by atoms with Crippen LogP contribution in [0.25, 0.3) is 11.1 Å². The maximum atomic E-state index is 13.3. The van der Waals surface area contributed by atoms with E-state index in [-0.39, 0.29) is 5.82 Å². The summed E-state index contributed by atoms with van der Waals surface area (Å²) in [5.74, 6) is 0.681. The third-order valence-electron chi connectivity index (χ3n) is 4.66. The largest absolute Gasteiger partial charge is 0.310 e. The van der Waals surface area contributed by atoms with Gasteiger partial charge in [0.05, 0.1) is 6.54 Å². The molecule has 1 aliphatic heterocycles. The summed E-state index contributed by atoms with van der Waals surface area (Å²) >= 11 is 0. The summed E-state index contributed by atoms with van der Waals surface area (Å²) in [6.45, 7) is 2.46. The van der Waals surface area contributed by atoms with Gasteiger partial charge in [0.25, 0.3) is 0 Å². The van der Waals surface area contributed by atoms with E-state index in [1.807, 2.05) is 23.4 Å². The highest BCUT2D eigenvalue weighted by Gasteiger charge is 2.20. The van der Waals surface area contributed by atoms with Crippen molar-refractivity contribution in [3.63, 3.8) is 0 Å². The molecule has 0 amide bonds. The van der Waals surface area contributed by atoms with Gasteiger partial charge in [-0.3, -0.25) is 0 Å². The monoisotopic (exact) mass is 324 g/mol. The number of hydrogen-bond donors (Lipinski definition) is 1. The molecule has 0 spiro atoms. The molecule has 4 nitrogen and oxygen atoms in total. The zero-order valence-corrected chi connectivity index (χ0v) is 13.6. The molecule has 0 unspecified atom stereocenters. The lowest BCUT2D eigenvalue weighted by atomic mass is 9.89. The highest BCUT2D eigenvalue weighted by Crippen LogP contribution is 2.34. The Labute approximate surface area is 141 Å². The highest BCUT2D eigenvalue weighted by atomic mass is 19.1. The van der Waals surface area contributed by atoms with Crippen LogP contribution in [0.3, 0.4) is 0 Å². The zero-order valence-electron chi connectivity index (χ0n) is 13.6. The van der Waals surface area contributed by atoms with Crippen LogP contribution in [0, 0.1) is 5.82 Å². The SMILES string of the molecule is Fc1ccc(-c2cc(N3CCNCC=N3)nc3c2CCCC3)cc1. The van der Waals surface area contributed by atoms with Crippen molar-refractivity contribution < 1.29 is 4.39 Å². The molecular weight excluding hydrogens is 303 g/mol.